The summed E-state index contributed by atoms with van der Waals surface area (Å²) >= 11 is 0. The summed E-state index contributed by atoms with van der Waals surface area (Å²) in [5.74, 6) is -0.0551. The molecule has 0 radical (unpaired) electrons. The van der Waals surface area contributed by atoms with Crippen molar-refractivity contribution in [1.82, 2.24) is 4.90 Å². The van der Waals surface area contributed by atoms with Gasteiger partial charge in [0.1, 0.15) is 5.75 Å². The third-order valence-electron chi connectivity index (χ3n) is 3.06. The highest BCUT2D eigenvalue weighted by Gasteiger charge is 2.31. The third-order valence-corrected chi connectivity index (χ3v) is 3.06. The first kappa shape index (κ1) is 11.9. The highest BCUT2D eigenvalue weighted by Crippen LogP contribution is 2.22. The molecule has 1 unspecified atom stereocenters. The quantitative estimate of drug-likeness (QED) is 0.773. The Morgan fingerprint density at radius 1 is 1.47 bits per heavy atom. The van der Waals surface area contributed by atoms with Crippen molar-refractivity contribution in [1.29, 1.82) is 0 Å². The van der Waals surface area contributed by atoms with Crippen molar-refractivity contribution in [3.63, 3.8) is 0 Å². The summed E-state index contributed by atoms with van der Waals surface area (Å²) < 4.78 is 0. The number of nitrogens with zero attached hydrogens (tertiary/aromatic N) is 1. The van der Waals surface area contributed by atoms with E-state index in [-0.39, 0.29) is 11.7 Å². The van der Waals surface area contributed by atoms with E-state index in [1.54, 1.807) is 24.0 Å². The lowest BCUT2D eigenvalue weighted by Gasteiger charge is -2.36. The molecule has 0 saturated carbocycles. The number of hydrogen-bond donors (Lipinski definition) is 2. The fourth-order valence-corrected chi connectivity index (χ4v) is 2.21. The molecule has 92 valence electrons. The van der Waals surface area contributed by atoms with Gasteiger partial charge in [-0.1, -0.05) is 6.07 Å². The van der Waals surface area contributed by atoms with Crippen LogP contribution in [-0.4, -0.2) is 39.7 Å². The molecule has 0 aliphatic carbocycles. The topological polar surface area (TPSA) is 60.8 Å². The van der Waals surface area contributed by atoms with Gasteiger partial charge in [0.2, 0.25) is 0 Å². The second kappa shape index (κ2) is 4.37. The van der Waals surface area contributed by atoms with Crippen LogP contribution in [0.5, 0.6) is 5.75 Å². The number of carbonyl (C=O) groups is 1. The van der Waals surface area contributed by atoms with Crippen LogP contribution in [0.4, 0.5) is 0 Å². The van der Waals surface area contributed by atoms with Gasteiger partial charge in [-0.25, -0.2) is 0 Å². The number of aromatic hydroxyl groups is 1. The van der Waals surface area contributed by atoms with Crippen LogP contribution in [-0.2, 0) is 0 Å². The van der Waals surface area contributed by atoms with Gasteiger partial charge in [0.15, 0.2) is 0 Å². The van der Waals surface area contributed by atoms with Crippen LogP contribution in [0, 0.1) is 0 Å². The SMILES string of the molecule is CC1(O)CCCN(C(=O)c2cccc(O)c2)C1. The van der Waals surface area contributed by atoms with E-state index < -0.39 is 5.60 Å². The lowest BCUT2D eigenvalue weighted by Crippen LogP contribution is -2.48. The smallest absolute Gasteiger partial charge is 0.254 e. The van der Waals surface area contributed by atoms with Gasteiger partial charge in [-0.15, -0.1) is 0 Å². The van der Waals surface area contributed by atoms with Gasteiger partial charge in [-0.3, -0.25) is 4.79 Å². The average molecular weight is 235 g/mol. The predicted octanol–water partition coefficient (Wildman–Crippen LogP) is 1.38. The Kier molecular flexibility index (Phi) is 3.07. The summed E-state index contributed by atoms with van der Waals surface area (Å²) in [6.07, 6.45) is 1.52. The van der Waals surface area contributed by atoms with Gasteiger partial charge in [0, 0.05) is 18.7 Å². The van der Waals surface area contributed by atoms with Gasteiger partial charge in [-0.2, -0.15) is 0 Å². The number of amides is 1. The molecule has 2 rings (SSSR count). The minimum absolute atomic E-state index is 0.0830. The highest BCUT2D eigenvalue weighted by atomic mass is 16.3. The van der Waals surface area contributed by atoms with Crippen LogP contribution >= 0.6 is 0 Å². The summed E-state index contributed by atoms with van der Waals surface area (Å²) in [5, 5.41) is 19.3. The number of benzene rings is 1. The first-order valence-corrected chi connectivity index (χ1v) is 5.79. The van der Waals surface area contributed by atoms with E-state index >= 15 is 0 Å². The van der Waals surface area contributed by atoms with Crippen molar-refractivity contribution in [3.05, 3.63) is 29.8 Å². The van der Waals surface area contributed by atoms with E-state index in [9.17, 15) is 15.0 Å². The van der Waals surface area contributed by atoms with Crippen molar-refractivity contribution in [3.8, 4) is 5.75 Å². The van der Waals surface area contributed by atoms with Crippen LogP contribution in [0.1, 0.15) is 30.1 Å². The molecule has 1 aromatic rings. The van der Waals surface area contributed by atoms with E-state index in [1.807, 2.05) is 0 Å². The average Bonchev–Trinajstić information content (AvgIpc) is 2.26. The van der Waals surface area contributed by atoms with E-state index in [1.165, 1.54) is 12.1 Å². The number of phenolic OH excluding ortho intramolecular Hbond substituents is 1. The Morgan fingerprint density at radius 3 is 2.88 bits per heavy atom. The van der Waals surface area contributed by atoms with Crippen molar-refractivity contribution in [2.75, 3.05) is 13.1 Å². The highest BCUT2D eigenvalue weighted by molar-refractivity contribution is 5.94. The molecule has 4 heteroatoms. The fourth-order valence-electron chi connectivity index (χ4n) is 2.21. The number of β-amino-alcohol motifs (C(OH)–C–C–N with tert-alkyl or cyclic N) is 1. The Labute approximate surface area is 100 Å². The number of carbonyl (C=O) groups excluding carboxylic acids is 1. The third kappa shape index (κ3) is 2.77. The molecule has 0 aromatic heterocycles. The molecule has 1 aliphatic rings. The van der Waals surface area contributed by atoms with E-state index in [2.05, 4.69) is 0 Å². The molecule has 1 amide bonds. The van der Waals surface area contributed by atoms with Gasteiger partial charge in [0.05, 0.1) is 5.60 Å². The van der Waals surface area contributed by atoms with E-state index in [0.29, 0.717) is 18.7 Å². The van der Waals surface area contributed by atoms with E-state index in [4.69, 9.17) is 0 Å². The zero-order valence-electron chi connectivity index (χ0n) is 9.89. The Morgan fingerprint density at radius 2 is 2.24 bits per heavy atom. The van der Waals surface area contributed by atoms with Crippen molar-refractivity contribution in [2.24, 2.45) is 0 Å². The van der Waals surface area contributed by atoms with Gasteiger partial charge >= 0.3 is 0 Å². The molecule has 1 fully saturated rings. The molecule has 1 heterocycles. The van der Waals surface area contributed by atoms with Crippen LogP contribution in [0.25, 0.3) is 0 Å². The lowest BCUT2D eigenvalue weighted by molar-refractivity contribution is -0.0107. The molecule has 4 nitrogen and oxygen atoms in total. The number of piperidine rings is 1. The monoisotopic (exact) mass is 235 g/mol. The van der Waals surface area contributed by atoms with Crippen molar-refractivity contribution in [2.45, 2.75) is 25.4 Å². The zero-order valence-corrected chi connectivity index (χ0v) is 9.89. The van der Waals surface area contributed by atoms with Crippen molar-refractivity contribution >= 4 is 5.91 Å². The van der Waals surface area contributed by atoms with Crippen LogP contribution < -0.4 is 0 Å². The molecule has 17 heavy (non-hydrogen) atoms. The number of rotatable bonds is 1. The summed E-state index contributed by atoms with van der Waals surface area (Å²) in [5.41, 5.74) is -0.340. The molecule has 1 aliphatic heterocycles. The lowest BCUT2D eigenvalue weighted by atomic mass is 9.94. The molecule has 0 spiro atoms. The first-order chi connectivity index (χ1) is 7.98. The standard InChI is InChI=1S/C13H17NO3/c1-13(17)6-3-7-14(9-13)12(16)10-4-2-5-11(15)8-10/h2,4-5,8,15,17H,3,6-7,9H2,1H3. The first-order valence-electron chi connectivity index (χ1n) is 5.79. The molecule has 1 aromatic carbocycles. The van der Waals surface area contributed by atoms with Crippen molar-refractivity contribution < 1.29 is 15.0 Å². The number of likely N-dealkylation sites (tertiary alicyclic amines) is 1. The molecular formula is C13H17NO3. The molecule has 1 atom stereocenters. The number of hydrogen-bond acceptors (Lipinski definition) is 3. The Balaban J connectivity index is 2.15. The maximum Gasteiger partial charge on any atom is 0.254 e. The van der Waals surface area contributed by atoms with Crippen LogP contribution in [0.3, 0.4) is 0 Å². The summed E-state index contributed by atoms with van der Waals surface area (Å²) in [6.45, 7) is 2.75. The molecular weight excluding hydrogens is 218 g/mol. The fraction of sp³-hybridized carbons (Fsp3) is 0.462. The maximum atomic E-state index is 12.1. The van der Waals surface area contributed by atoms with Crippen LogP contribution in [0.2, 0.25) is 0 Å². The molecule has 0 bridgehead atoms. The summed E-state index contributed by atoms with van der Waals surface area (Å²) in [7, 11) is 0. The van der Waals surface area contributed by atoms with E-state index in [0.717, 1.165) is 12.8 Å². The maximum absolute atomic E-state index is 12.1. The molecule has 1 saturated heterocycles. The van der Waals surface area contributed by atoms with Gasteiger partial charge < -0.3 is 15.1 Å². The molecule has 2 N–H and O–H groups in total. The number of phenols is 1. The minimum atomic E-state index is -0.801. The largest absolute Gasteiger partial charge is 0.508 e. The second-order valence-corrected chi connectivity index (χ2v) is 4.88. The zero-order chi connectivity index (χ0) is 12.5. The predicted molar refractivity (Wildman–Crippen MR) is 63.9 cm³/mol. The summed E-state index contributed by atoms with van der Waals surface area (Å²) in [4.78, 5) is 13.8. The minimum Gasteiger partial charge on any atom is -0.508 e. The van der Waals surface area contributed by atoms with Crippen LogP contribution in [0.15, 0.2) is 24.3 Å². The second-order valence-electron chi connectivity index (χ2n) is 4.88. The van der Waals surface area contributed by atoms with Gasteiger partial charge in [0.25, 0.3) is 5.91 Å². The van der Waals surface area contributed by atoms with Gasteiger partial charge in [-0.05, 0) is 38.0 Å². The number of aliphatic hydroxyl groups is 1. The Hall–Kier alpha value is -1.55. The normalized spacial score (nSPS) is 24.7. The summed E-state index contributed by atoms with van der Waals surface area (Å²) in [6, 6.07) is 6.30. The Bertz CT molecular complexity index is 428.